The minimum absolute atomic E-state index is 0.270. The van der Waals surface area contributed by atoms with E-state index in [1.165, 1.54) is 0 Å². The number of benzene rings is 1. The number of halogens is 2. The van der Waals surface area contributed by atoms with E-state index in [2.05, 4.69) is 20.8 Å². The van der Waals surface area contributed by atoms with Crippen LogP contribution in [0.5, 0.6) is 0 Å². The summed E-state index contributed by atoms with van der Waals surface area (Å²) in [4.78, 5) is 0. The van der Waals surface area contributed by atoms with E-state index in [-0.39, 0.29) is 5.92 Å². The van der Waals surface area contributed by atoms with Crippen LogP contribution in [-0.2, 0) is 6.42 Å². The zero-order valence-electron chi connectivity index (χ0n) is 11.8. The van der Waals surface area contributed by atoms with Crippen LogP contribution in [0.2, 0.25) is 10.0 Å². The summed E-state index contributed by atoms with van der Waals surface area (Å²) in [6.07, 6.45) is 3.50. The molecule has 2 rings (SSSR count). The van der Waals surface area contributed by atoms with Crippen LogP contribution in [0.3, 0.4) is 0 Å². The van der Waals surface area contributed by atoms with E-state index >= 15 is 0 Å². The Balaban J connectivity index is 2.20. The molecule has 0 saturated heterocycles. The van der Waals surface area contributed by atoms with Gasteiger partial charge in [-0.3, -0.25) is 0 Å². The van der Waals surface area contributed by atoms with Crippen LogP contribution in [0, 0.1) is 11.3 Å². The van der Waals surface area contributed by atoms with Crippen LogP contribution in [0.1, 0.15) is 45.6 Å². The Bertz CT molecular complexity index is 470. The molecule has 0 bridgehead atoms. The molecule has 0 radical (unpaired) electrons. The van der Waals surface area contributed by atoms with Gasteiger partial charge < -0.3 is 5.11 Å². The van der Waals surface area contributed by atoms with Crippen molar-refractivity contribution in [1.29, 1.82) is 0 Å². The zero-order chi connectivity index (χ0) is 14.3. The van der Waals surface area contributed by atoms with Crippen LogP contribution < -0.4 is 0 Å². The lowest BCUT2D eigenvalue weighted by atomic mass is 9.64. The Labute approximate surface area is 125 Å². The second-order valence-electron chi connectivity index (χ2n) is 6.76. The summed E-state index contributed by atoms with van der Waals surface area (Å²) in [5.41, 5.74) is 0.608. The van der Waals surface area contributed by atoms with E-state index in [0.717, 1.165) is 24.8 Å². The van der Waals surface area contributed by atoms with E-state index in [1.54, 1.807) is 6.07 Å². The fourth-order valence-corrected chi connectivity index (χ4v) is 3.59. The van der Waals surface area contributed by atoms with Gasteiger partial charge in [-0.25, -0.2) is 0 Å². The molecular weight excluding hydrogens is 279 g/mol. The van der Waals surface area contributed by atoms with Gasteiger partial charge in [-0.05, 0) is 42.2 Å². The Morgan fingerprint density at radius 1 is 1.26 bits per heavy atom. The fourth-order valence-electron chi connectivity index (χ4n) is 3.20. The molecule has 0 spiro atoms. The highest BCUT2D eigenvalue weighted by atomic mass is 35.5. The average molecular weight is 301 g/mol. The van der Waals surface area contributed by atoms with E-state index in [4.69, 9.17) is 23.2 Å². The number of rotatable bonds is 2. The summed E-state index contributed by atoms with van der Waals surface area (Å²) in [5.74, 6) is 0.270. The van der Waals surface area contributed by atoms with Crippen molar-refractivity contribution in [3.63, 3.8) is 0 Å². The highest BCUT2D eigenvalue weighted by Gasteiger charge is 2.42. The molecule has 19 heavy (non-hydrogen) atoms. The summed E-state index contributed by atoms with van der Waals surface area (Å²) in [5, 5.41) is 12.1. The predicted octanol–water partition coefficient (Wildman–Crippen LogP) is 5.11. The normalized spacial score (nSPS) is 30.3. The number of aliphatic hydroxyl groups is 1. The van der Waals surface area contributed by atoms with Gasteiger partial charge in [-0.2, -0.15) is 0 Å². The highest BCUT2D eigenvalue weighted by Crippen LogP contribution is 2.45. The van der Waals surface area contributed by atoms with Crippen molar-refractivity contribution >= 4 is 23.2 Å². The Morgan fingerprint density at radius 2 is 1.95 bits per heavy atom. The molecule has 2 atom stereocenters. The largest absolute Gasteiger partial charge is 0.389 e. The van der Waals surface area contributed by atoms with Gasteiger partial charge in [-0.15, -0.1) is 0 Å². The quantitative estimate of drug-likeness (QED) is 0.804. The van der Waals surface area contributed by atoms with Gasteiger partial charge >= 0.3 is 0 Å². The van der Waals surface area contributed by atoms with Crippen LogP contribution in [0.15, 0.2) is 18.2 Å². The van der Waals surface area contributed by atoms with Gasteiger partial charge in [0.25, 0.3) is 0 Å². The molecule has 1 aliphatic carbocycles. The molecule has 1 fully saturated rings. The van der Waals surface area contributed by atoms with Crippen LogP contribution in [0.25, 0.3) is 0 Å². The van der Waals surface area contributed by atoms with Gasteiger partial charge in [0.15, 0.2) is 0 Å². The second-order valence-corrected chi connectivity index (χ2v) is 7.55. The molecular formula is C16H22Cl2O. The van der Waals surface area contributed by atoms with Gasteiger partial charge in [0.05, 0.1) is 15.6 Å². The lowest BCUT2D eigenvalue weighted by Gasteiger charge is -2.45. The summed E-state index contributed by atoms with van der Waals surface area (Å²) < 4.78 is 0. The van der Waals surface area contributed by atoms with Crippen molar-refractivity contribution in [1.82, 2.24) is 0 Å². The lowest BCUT2D eigenvalue weighted by molar-refractivity contribution is -0.0704. The Kier molecular flexibility index (Phi) is 4.21. The summed E-state index contributed by atoms with van der Waals surface area (Å²) in [6.45, 7) is 6.68. The molecule has 1 saturated carbocycles. The van der Waals surface area contributed by atoms with Gasteiger partial charge in [0.2, 0.25) is 0 Å². The van der Waals surface area contributed by atoms with Crippen molar-refractivity contribution in [2.24, 2.45) is 11.3 Å². The fraction of sp³-hybridized carbons (Fsp3) is 0.625. The minimum atomic E-state index is -0.663. The molecule has 0 heterocycles. The molecule has 0 amide bonds. The zero-order valence-corrected chi connectivity index (χ0v) is 13.4. The Morgan fingerprint density at radius 3 is 2.58 bits per heavy atom. The SMILES string of the molecule is CC1CC(C)(C)CCC1(O)Cc1cccc(Cl)c1Cl. The molecule has 1 nitrogen and oxygen atoms in total. The minimum Gasteiger partial charge on any atom is -0.389 e. The predicted molar refractivity (Wildman–Crippen MR) is 81.9 cm³/mol. The molecule has 1 aromatic carbocycles. The molecule has 1 aliphatic rings. The van der Waals surface area contributed by atoms with Gasteiger partial charge in [0.1, 0.15) is 0 Å². The van der Waals surface area contributed by atoms with Crippen molar-refractivity contribution in [3.8, 4) is 0 Å². The van der Waals surface area contributed by atoms with E-state index < -0.39 is 5.60 Å². The summed E-state index contributed by atoms with van der Waals surface area (Å²) in [6, 6.07) is 5.63. The molecule has 1 N–H and O–H groups in total. The molecule has 3 heteroatoms. The third-order valence-corrected chi connectivity index (χ3v) is 5.40. The summed E-state index contributed by atoms with van der Waals surface area (Å²) >= 11 is 12.3. The second kappa shape index (κ2) is 5.27. The van der Waals surface area contributed by atoms with Crippen molar-refractivity contribution in [2.45, 2.75) is 52.1 Å². The third-order valence-electron chi connectivity index (χ3n) is 4.54. The van der Waals surface area contributed by atoms with E-state index in [9.17, 15) is 5.11 Å². The first-order valence-electron chi connectivity index (χ1n) is 6.89. The molecule has 0 aliphatic heterocycles. The van der Waals surface area contributed by atoms with Crippen molar-refractivity contribution in [2.75, 3.05) is 0 Å². The van der Waals surface area contributed by atoms with Crippen LogP contribution in [0.4, 0.5) is 0 Å². The molecule has 1 aromatic rings. The lowest BCUT2D eigenvalue weighted by Crippen LogP contribution is -2.45. The summed E-state index contributed by atoms with van der Waals surface area (Å²) in [7, 11) is 0. The molecule has 2 unspecified atom stereocenters. The average Bonchev–Trinajstić information content (AvgIpc) is 2.31. The highest BCUT2D eigenvalue weighted by molar-refractivity contribution is 6.42. The van der Waals surface area contributed by atoms with Crippen molar-refractivity contribution in [3.05, 3.63) is 33.8 Å². The van der Waals surface area contributed by atoms with E-state index in [1.807, 2.05) is 12.1 Å². The standard InChI is InChI=1S/C16H22Cl2O/c1-11-9-15(2,3)7-8-16(11,19)10-12-5-4-6-13(17)14(12)18/h4-6,11,19H,7-10H2,1-3H3. The topological polar surface area (TPSA) is 20.2 Å². The first-order valence-corrected chi connectivity index (χ1v) is 7.64. The maximum absolute atomic E-state index is 10.9. The monoisotopic (exact) mass is 300 g/mol. The number of hydrogen-bond donors (Lipinski definition) is 1. The smallest absolute Gasteiger partial charge is 0.0714 e. The third kappa shape index (κ3) is 3.26. The van der Waals surface area contributed by atoms with Crippen LogP contribution >= 0.6 is 23.2 Å². The number of hydrogen-bond acceptors (Lipinski definition) is 1. The molecule has 0 aromatic heterocycles. The van der Waals surface area contributed by atoms with Crippen molar-refractivity contribution < 1.29 is 5.11 Å². The first kappa shape index (κ1) is 15.2. The first-order chi connectivity index (χ1) is 8.73. The maximum atomic E-state index is 10.9. The molecule has 106 valence electrons. The van der Waals surface area contributed by atoms with Gasteiger partial charge in [0, 0.05) is 6.42 Å². The van der Waals surface area contributed by atoms with Gasteiger partial charge in [-0.1, -0.05) is 56.1 Å². The van der Waals surface area contributed by atoms with E-state index in [0.29, 0.717) is 21.9 Å². The van der Waals surface area contributed by atoms with Crippen LogP contribution in [-0.4, -0.2) is 10.7 Å². The maximum Gasteiger partial charge on any atom is 0.0714 e. The Hall–Kier alpha value is -0.240.